The van der Waals surface area contributed by atoms with Crippen LogP contribution in [0.3, 0.4) is 0 Å². The molecule has 4 aliphatic rings. The van der Waals surface area contributed by atoms with Crippen molar-refractivity contribution in [1.29, 1.82) is 0 Å². The van der Waals surface area contributed by atoms with Gasteiger partial charge in [-0.2, -0.15) is 0 Å². The minimum atomic E-state index is -1.31. The number of amides is 3. The van der Waals surface area contributed by atoms with E-state index in [4.69, 9.17) is 26.2 Å². The fourth-order valence-electron chi connectivity index (χ4n) is 6.47. The number of allylic oxidation sites excluding steroid dienone is 1. The molecule has 5 rings (SSSR count). The average molecular weight is 600 g/mol. The molecular formula is C31H38ClN3O7. The van der Waals surface area contributed by atoms with Crippen molar-refractivity contribution in [3.63, 3.8) is 0 Å². The number of hydrogen-bond donors (Lipinski definition) is 2. The van der Waals surface area contributed by atoms with Crippen LogP contribution < -0.4 is 10.2 Å². The van der Waals surface area contributed by atoms with Crippen molar-refractivity contribution in [1.82, 2.24) is 10.2 Å². The highest BCUT2D eigenvalue weighted by atomic mass is 35.5. The number of esters is 1. The van der Waals surface area contributed by atoms with Gasteiger partial charge in [-0.3, -0.25) is 19.2 Å². The topological polar surface area (TPSA) is 125 Å². The number of hydrogen-bond acceptors (Lipinski definition) is 7. The molecule has 4 aliphatic heterocycles. The van der Waals surface area contributed by atoms with E-state index in [9.17, 15) is 19.2 Å². The van der Waals surface area contributed by atoms with Gasteiger partial charge in [0.1, 0.15) is 23.7 Å². The van der Waals surface area contributed by atoms with E-state index in [0.717, 1.165) is 12.8 Å². The number of carbonyl (C=O) groups excluding carboxylic acids is 4. The predicted octanol–water partition coefficient (Wildman–Crippen LogP) is 2.77. The summed E-state index contributed by atoms with van der Waals surface area (Å²) in [5.74, 6) is -3.21. The van der Waals surface area contributed by atoms with Gasteiger partial charge in [-0.25, -0.2) is 0 Å². The maximum absolute atomic E-state index is 14.6. The van der Waals surface area contributed by atoms with Gasteiger partial charge in [-0.1, -0.05) is 48.7 Å². The van der Waals surface area contributed by atoms with E-state index in [0.29, 0.717) is 36.5 Å². The smallest absolute Gasteiger partial charge is 0.313 e. The summed E-state index contributed by atoms with van der Waals surface area (Å²) >= 11 is 6.15. The Bertz CT molecular complexity index is 1250. The molecular weight excluding hydrogens is 562 g/mol. The van der Waals surface area contributed by atoms with Crippen molar-refractivity contribution in [2.24, 2.45) is 11.8 Å². The van der Waals surface area contributed by atoms with Crippen LogP contribution in [0.4, 0.5) is 5.69 Å². The minimum Gasteiger partial charge on any atom is -0.460 e. The Morgan fingerprint density at radius 2 is 1.81 bits per heavy atom. The second-order valence-electron chi connectivity index (χ2n) is 11.4. The first-order chi connectivity index (χ1) is 20.3. The molecule has 10 nitrogen and oxygen atoms in total. The SMILES string of the molecule is C[C@H]1CNC(=O)CC/C=C\CN(c2ccc(Cl)cc2)C(=O)[C@H]2N(CCCCCCO)C(=O)[C@@H]3[C@@H](C(=O)O1)[C@H]1C=C[C@]32O1. The van der Waals surface area contributed by atoms with Gasteiger partial charge in [0.2, 0.25) is 11.8 Å². The fraction of sp³-hybridized carbons (Fsp3) is 0.548. The number of nitrogens with one attached hydrogen (secondary N) is 1. The number of fused-ring (bicyclic) bond motifs is 2. The highest BCUT2D eigenvalue weighted by molar-refractivity contribution is 6.30. The van der Waals surface area contributed by atoms with E-state index < -0.39 is 41.7 Å². The summed E-state index contributed by atoms with van der Waals surface area (Å²) in [6, 6.07) is 5.91. The van der Waals surface area contributed by atoms with Gasteiger partial charge in [0.15, 0.2) is 0 Å². The van der Waals surface area contributed by atoms with Gasteiger partial charge in [0.05, 0.1) is 18.6 Å². The molecule has 0 radical (unpaired) electrons. The molecule has 1 aromatic rings. The average Bonchev–Trinajstić information content (AvgIpc) is 3.61. The zero-order valence-corrected chi connectivity index (χ0v) is 24.5. The molecule has 0 saturated carbocycles. The number of carbonyl (C=O) groups is 4. The third kappa shape index (κ3) is 5.85. The molecule has 5 bridgehead atoms. The van der Waals surface area contributed by atoms with Crippen LogP contribution >= 0.6 is 11.6 Å². The molecule has 0 aliphatic carbocycles. The van der Waals surface area contributed by atoms with Crippen LogP contribution in [0.5, 0.6) is 0 Å². The number of unbranched alkanes of at least 4 members (excludes halogenated alkanes) is 3. The summed E-state index contributed by atoms with van der Waals surface area (Å²) in [5, 5.41) is 12.5. The molecule has 0 unspecified atom stereocenters. The lowest BCUT2D eigenvalue weighted by Gasteiger charge is -2.36. The number of benzene rings is 1. The molecule has 2 fully saturated rings. The highest BCUT2D eigenvalue weighted by Crippen LogP contribution is 2.55. The van der Waals surface area contributed by atoms with E-state index in [-0.39, 0.29) is 43.8 Å². The molecule has 3 amide bonds. The van der Waals surface area contributed by atoms with Crippen LogP contribution in [0.25, 0.3) is 0 Å². The molecule has 4 heterocycles. The second kappa shape index (κ2) is 13.0. The number of aliphatic hydroxyl groups is 1. The van der Waals surface area contributed by atoms with Crippen molar-refractivity contribution in [3.8, 4) is 0 Å². The maximum Gasteiger partial charge on any atom is 0.313 e. The molecule has 2 N–H and O–H groups in total. The summed E-state index contributed by atoms with van der Waals surface area (Å²) in [4.78, 5) is 57.8. The van der Waals surface area contributed by atoms with E-state index >= 15 is 0 Å². The zero-order chi connectivity index (χ0) is 29.9. The molecule has 2 saturated heterocycles. The van der Waals surface area contributed by atoms with Crippen molar-refractivity contribution in [2.75, 3.05) is 31.1 Å². The standard InChI is InChI=1S/C31H38ClN3O7/c1-20-19-33-24(37)9-5-4-7-16-34(22-12-10-21(32)11-13-22)29(39)27-31-15-14-23(42-31)25(30(40)41-20)26(31)28(38)35(27)17-6-2-3-8-18-36/h4,7,10-15,20,23,25-27,36H,2-3,5-6,8-9,16-19H2,1H3,(H,33,37)/b7-4-/t20-,23+,25-,26-,27+,31-/m0/s1. The van der Waals surface area contributed by atoms with Crippen LogP contribution in [0.15, 0.2) is 48.6 Å². The van der Waals surface area contributed by atoms with Gasteiger partial charge >= 0.3 is 5.97 Å². The third-order valence-corrected chi connectivity index (χ3v) is 8.74. The Morgan fingerprint density at radius 3 is 2.57 bits per heavy atom. The largest absolute Gasteiger partial charge is 0.460 e. The van der Waals surface area contributed by atoms with Gasteiger partial charge in [0, 0.05) is 36.8 Å². The lowest BCUT2D eigenvalue weighted by atomic mass is 9.74. The summed E-state index contributed by atoms with van der Waals surface area (Å²) in [6.07, 6.45) is 9.52. The van der Waals surface area contributed by atoms with Crippen LogP contribution in [-0.2, 0) is 28.7 Å². The number of ether oxygens (including phenoxy) is 2. The number of anilines is 1. The van der Waals surface area contributed by atoms with E-state index in [1.165, 1.54) is 0 Å². The van der Waals surface area contributed by atoms with Gasteiger partial charge in [-0.05, 0) is 50.5 Å². The monoisotopic (exact) mass is 599 g/mol. The zero-order valence-electron chi connectivity index (χ0n) is 23.7. The number of rotatable bonds is 7. The molecule has 226 valence electrons. The summed E-state index contributed by atoms with van der Waals surface area (Å²) < 4.78 is 12.1. The molecule has 11 heteroatoms. The van der Waals surface area contributed by atoms with Crippen LogP contribution in [0.1, 0.15) is 45.4 Å². The molecule has 1 aromatic carbocycles. The van der Waals surface area contributed by atoms with Gasteiger partial charge in [0.25, 0.3) is 5.91 Å². The Morgan fingerprint density at radius 1 is 1.05 bits per heavy atom. The lowest BCUT2D eigenvalue weighted by molar-refractivity contribution is -0.158. The first-order valence-corrected chi connectivity index (χ1v) is 15.1. The molecule has 0 aromatic heterocycles. The quantitative estimate of drug-likeness (QED) is 0.280. The van der Waals surface area contributed by atoms with Gasteiger partial charge in [-0.15, -0.1) is 0 Å². The number of nitrogens with zero attached hydrogens (tertiary/aromatic N) is 2. The van der Waals surface area contributed by atoms with E-state index in [2.05, 4.69) is 5.32 Å². The Labute approximate surface area is 250 Å². The molecule has 6 atom stereocenters. The Kier molecular flexibility index (Phi) is 9.35. The maximum atomic E-state index is 14.6. The summed E-state index contributed by atoms with van der Waals surface area (Å²) in [7, 11) is 0. The molecule has 1 spiro atoms. The van der Waals surface area contributed by atoms with Crippen LogP contribution in [0.2, 0.25) is 5.02 Å². The van der Waals surface area contributed by atoms with Gasteiger partial charge < -0.3 is 29.7 Å². The Balaban J connectivity index is 1.54. The number of likely N-dealkylation sites (tertiary alicyclic amines) is 1. The van der Waals surface area contributed by atoms with Crippen molar-refractivity contribution in [2.45, 2.75) is 69.3 Å². The fourth-order valence-corrected chi connectivity index (χ4v) is 6.60. The Hall–Kier alpha value is -3.21. The van der Waals surface area contributed by atoms with E-state index in [1.807, 2.05) is 12.2 Å². The second-order valence-corrected chi connectivity index (χ2v) is 11.8. The number of cyclic esters (lactones) is 1. The highest BCUT2D eigenvalue weighted by Gasteiger charge is 2.73. The van der Waals surface area contributed by atoms with Crippen LogP contribution in [-0.4, -0.2) is 83.8 Å². The van der Waals surface area contributed by atoms with E-state index in [1.54, 1.807) is 53.1 Å². The van der Waals surface area contributed by atoms with Crippen molar-refractivity contribution >= 4 is 41.0 Å². The summed E-state index contributed by atoms with van der Waals surface area (Å²) in [5.41, 5.74) is -0.714. The van der Waals surface area contributed by atoms with Crippen molar-refractivity contribution in [3.05, 3.63) is 53.6 Å². The summed E-state index contributed by atoms with van der Waals surface area (Å²) in [6.45, 7) is 2.46. The first kappa shape index (κ1) is 30.3. The number of halogens is 1. The first-order valence-electron chi connectivity index (χ1n) is 14.7. The predicted molar refractivity (Wildman–Crippen MR) is 156 cm³/mol. The lowest BCUT2D eigenvalue weighted by Crippen LogP contribution is -2.56. The third-order valence-electron chi connectivity index (χ3n) is 8.49. The number of aliphatic hydroxyl groups excluding tert-OH is 1. The molecule has 42 heavy (non-hydrogen) atoms. The van der Waals surface area contributed by atoms with Crippen molar-refractivity contribution < 1.29 is 33.8 Å². The van der Waals surface area contributed by atoms with Crippen LogP contribution in [0, 0.1) is 11.8 Å². The normalized spacial score (nSPS) is 32.2. The minimum absolute atomic E-state index is 0.102.